The Balaban J connectivity index is 1.98. The highest BCUT2D eigenvalue weighted by Gasteiger charge is 2.29. The van der Waals surface area contributed by atoms with Crippen LogP contribution in [0.3, 0.4) is 0 Å². The smallest absolute Gasteiger partial charge is 0.351 e. The number of hydrogen-bond donors (Lipinski definition) is 1. The van der Waals surface area contributed by atoms with Crippen molar-refractivity contribution in [1.82, 2.24) is 9.97 Å². The van der Waals surface area contributed by atoms with Crippen molar-refractivity contribution in [3.63, 3.8) is 0 Å². The number of H-pyrrole nitrogens is 1. The maximum absolute atomic E-state index is 13.5. The van der Waals surface area contributed by atoms with Gasteiger partial charge in [0.05, 0.1) is 12.7 Å². The predicted molar refractivity (Wildman–Crippen MR) is 82.6 cm³/mol. The Bertz CT molecular complexity index is 980. The van der Waals surface area contributed by atoms with Gasteiger partial charge < -0.3 is 14.5 Å². The van der Waals surface area contributed by atoms with Crippen LogP contribution in [0.4, 0.5) is 13.2 Å². The van der Waals surface area contributed by atoms with Crippen molar-refractivity contribution in [2.75, 3.05) is 7.11 Å². The molecule has 0 radical (unpaired) electrons. The summed E-state index contributed by atoms with van der Waals surface area (Å²) >= 11 is 0. The number of pyridine rings is 1. The summed E-state index contributed by atoms with van der Waals surface area (Å²) in [6, 6.07) is 4.05. The molecule has 0 aliphatic rings. The number of carbonyl (C=O) groups is 2. The van der Waals surface area contributed by atoms with Crippen LogP contribution in [0, 0.1) is 17.5 Å². The maximum Gasteiger partial charge on any atom is 0.351 e. The highest BCUT2D eigenvalue weighted by atomic mass is 19.2. The Hall–Kier alpha value is -3.36. The number of aromatic nitrogens is 2. The summed E-state index contributed by atoms with van der Waals surface area (Å²) in [4.78, 5) is 31.2. The number of ether oxygens (including phenoxy) is 2. The number of halogens is 3. The van der Waals surface area contributed by atoms with Gasteiger partial charge in [-0.15, -0.1) is 0 Å². The molecule has 1 N–H and O–H groups in total. The Morgan fingerprint density at radius 2 is 1.85 bits per heavy atom. The van der Waals surface area contributed by atoms with Gasteiger partial charge in [-0.05, 0) is 24.3 Å². The minimum Gasteiger partial charge on any atom is -0.466 e. The lowest BCUT2D eigenvalue weighted by Gasteiger charge is -2.16. The molecular formula is C17H11F3N2O4. The van der Waals surface area contributed by atoms with Crippen molar-refractivity contribution in [2.45, 2.75) is 6.10 Å². The van der Waals surface area contributed by atoms with E-state index in [0.717, 1.165) is 7.11 Å². The van der Waals surface area contributed by atoms with Gasteiger partial charge in [0.15, 0.2) is 17.5 Å². The second kappa shape index (κ2) is 6.87. The highest BCUT2D eigenvalue weighted by molar-refractivity contribution is 6.03. The van der Waals surface area contributed by atoms with E-state index in [1.807, 2.05) is 0 Å². The summed E-state index contributed by atoms with van der Waals surface area (Å²) < 4.78 is 49.7. The summed E-state index contributed by atoms with van der Waals surface area (Å²) in [6.45, 7) is 0. The van der Waals surface area contributed by atoms with E-state index >= 15 is 0 Å². The van der Waals surface area contributed by atoms with Crippen LogP contribution >= 0.6 is 0 Å². The molecule has 1 aromatic carbocycles. The third kappa shape index (κ3) is 3.10. The van der Waals surface area contributed by atoms with Crippen LogP contribution in [0.1, 0.15) is 22.0 Å². The first-order chi connectivity index (χ1) is 12.4. The lowest BCUT2D eigenvalue weighted by molar-refractivity contribution is -0.151. The number of fused-ring (bicyclic) bond motifs is 1. The minimum atomic E-state index is -1.78. The van der Waals surface area contributed by atoms with Crippen molar-refractivity contribution in [3.8, 4) is 0 Å². The molecule has 134 valence electrons. The average molecular weight is 364 g/mol. The van der Waals surface area contributed by atoms with Crippen molar-refractivity contribution in [2.24, 2.45) is 0 Å². The number of hydrogen-bond acceptors (Lipinski definition) is 5. The molecule has 0 spiro atoms. The van der Waals surface area contributed by atoms with Gasteiger partial charge in [0.1, 0.15) is 5.65 Å². The molecule has 0 bridgehead atoms. The van der Waals surface area contributed by atoms with Gasteiger partial charge in [0.2, 0.25) is 6.10 Å². The van der Waals surface area contributed by atoms with Gasteiger partial charge in [-0.3, -0.25) is 0 Å². The molecule has 1 unspecified atom stereocenters. The molecular weight excluding hydrogens is 353 g/mol. The standard InChI is InChI=1S/C17H11F3N2O4/c1-25-17(24)14(8-6-11(18)13(20)12(19)7-8)26-16(23)10-3-5-22-15-9(10)2-4-21-15/h2-7,14H,1H3,(H,21,22). The zero-order chi connectivity index (χ0) is 18.8. The van der Waals surface area contributed by atoms with E-state index in [9.17, 15) is 22.8 Å². The number of nitrogens with zero attached hydrogens (tertiary/aromatic N) is 1. The lowest BCUT2D eigenvalue weighted by atomic mass is 10.1. The van der Waals surface area contributed by atoms with Gasteiger partial charge >= 0.3 is 11.9 Å². The normalized spacial score (nSPS) is 12.0. The second-order valence-electron chi connectivity index (χ2n) is 5.21. The third-order valence-corrected chi connectivity index (χ3v) is 3.63. The zero-order valence-corrected chi connectivity index (χ0v) is 13.3. The van der Waals surface area contributed by atoms with Crippen molar-refractivity contribution in [3.05, 3.63) is 65.2 Å². The maximum atomic E-state index is 13.5. The van der Waals surface area contributed by atoms with E-state index in [1.165, 1.54) is 12.3 Å². The first-order valence-corrected chi connectivity index (χ1v) is 7.27. The summed E-state index contributed by atoms with van der Waals surface area (Å²) in [5.74, 6) is -6.78. The molecule has 3 rings (SSSR count). The van der Waals surface area contributed by atoms with Crippen LogP contribution in [0.5, 0.6) is 0 Å². The van der Waals surface area contributed by atoms with Crippen LogP contribution in [0.25, 0.3) is 11.0 Å². The fourth-order valence-corrected chi connectivity index (χ4v) is 2.40. The van der Waals surface area contributed by atoms with Crippen molar-refractivity contribution < 1.29 is 32.2 Å². The predicted octanol–water partition coefficient (Wildman–Crippen LogP) is 3.05. The van der Waals surface area contributed by atoms with E-state index in [-0.39, 0.29) is 5.56 Å². The molecule has 0 amide bonds. The van der Waals surface area contributed by atoms with E-state index < -0.39 is 41.1 Å². The lowest BCUT2D eigenvalue weighted by Crippen LogP contribution is -2.22. The summed E-state index contributed by atoms with van der Waals surface area (Å²) in [5, 5.41) is 0.428. The number of rotatable bonds is 4. The van der Waals surface area contributed by atoms with E-state index in [0.29, 0.717) is 23.2 Å². The monoisotopic (exact) mass is 364 g/mol. The number of carbonyl (C=O) groups excluding carboxylic acids is 2. The fourth-order valence-electron chi connectivity index (χ4n) is 2.40. The average Bonchev–Trinajstić information content (AvgIpc) is 3.11. The van der Waals surface area contributed by atoms with Gasteiger partial charge in [-0.2, -0.15) is 0 Å². The Kier molecular flexibility index (Phi) is 4.61. The molecule has 6 nitrogen and oxygen atoms in total. The SMILES string of the molecule is COC(=O)C(OC(=O)c1ccnc2[nH]ccc12)c1cc(F)c(F)c(F)c1. The molecule has 0 aliphatic carbocycles. The Labute approximate surface area is 144 Å². The van der Waals surface area contributed by atoms with Crippen molar-refractivity contribution in [1.29, 1.82) is 0 Å². The molecule has 9 heteroatoms. The summed E-state index contributed by atoms with van der Waals surface area (Å²) in [6.07, 6.45) is 1.12. The molecule has 0 fully saturated rings. The summed E-state index contributed by atoms with van der Waals surface area (Å²) in [5.41, 5.74) is 0.0853. The fraction of sp³-hybridized carbons (Fsp3) is 0.118. The molecule has 0 aliphatic heterocycles. The quantitative estimate of drug-likeness (QED) is 0.568. The van der Waals surface area contributed by atoms with E-state index in [4.69, 9.17) is 4.74 Å². The molecule has 0 saturated heterocycles. The second-order valence-corrected chi connectivity index (χ2v) is 5.21. The number of aromatic amines is 1. The molecule has 2 heterocycles. The number of methoxy groups -OCH3 is 1. The molecule has 3 aromatic rings. The van der Waals surface area contributed by atoms with Crippen LogP contribution < -0.4 is 0 Å². The molecule has 1 atom stereocenters. The zero-order valence-electron chi connectivity index (χ0n) is 13.3. The first kappa shape index (κ1) is 17.5. The van der Waals surface area contributed by atoms with Crippen LogP contribution in [0.15, 0.2) is 36.7 Å². The Morgan fingerprint density at radius 3 is 2.50 bits per heavy atom. The van der Waals surface area contributed by atoms with Gasteiger partial charge in [0.25, 0.3) is 0 Å². The van der Waals surface area contributed by atoms with Gasteiger partial charge in [0, 0.05) is 23.3 Å². The highest BCUT2D eigenvalue weighted by Crippen LogP contribution is 2.26. The van der Waals surface area contributed by atoms with Crippen molar-refractivity contribution >= 4 is 23.0 Å². The van der Waals surface area contributed by atoms with Crippen LogP contribution in [-0.4, -0.2) is 29.0 Å². The first-order valence-electron chi connectivity index (χ1n) is 7.27. The Morgan fingerprint density at radius 1 is 1.15 bits per heavy atom. The van der Waals surface area contributed by atoms with Gasteiger partial charge in [-0.1, -0.05) is 0 Å². The van der Waals surface area contributed by atoms with Gasteiger partial charge in [-0.25, -0.2) is 27.7 Å². The molecule has 0 saturated carbocycles. The third-order valence-electron chi connectivity index (χ3n) is 3.63. The van der Waals surface area contributed by atoms with Crippen LogP contribution in [-0.2, 0) is 14.3 Å². The topological polar surface area (TPSA) is 81.3 Å². The molecule has 26 heavy (non-hydrogen) atoms. The van der Waals surface area contributed by atoms with E-state index in [2.05, 4.69) is 14.7 Å². The number of nitrogens with one attached hydrogen (secondary N) is 1. The molecule has 2 aromatic heterocycles. The number of benzene rings is 1. The minimum absolute atomic E-state index is 0.0770. The van der Waals surface area contributed by atoms with E-state index in [1.54, 1.807) is 12.3 Å². The number of esters is 2. The largest absolute Gasteiger partial charge is 0.466 e. The summed E-state index contributed by atoms with van der Waals surface area (Å²) in [7, 11) is 1.01. The van der Waals surface area contributed by atoms with Crippen LogP contribution in [0.2, 0.25) is 0 Å².